The summed E-state index contributed by atoms with van der Waals surface area (Å²) in [6, 6.07) is 8.47. The van der Waals surface area contributed by atoms with E-state index in [1.54, 1.807) is 0 Å². The van der Waals surface area contributed by atoms with Crippen LogP contribution in [0.2, 0.25) is 5.02 Å². The third-order valence-corrected chi connectivity index (χ3v) is 4.52. The van der Waals surface area contributed by atoms with Crippen molar-refractivity contribution in [2.24, 2.45) is 5.73 Å². The van der Waals surface area contributed by atoms with Crippen LogP contribution in [0, 0.1) is 0 Å². The number of carbonyl (C=O) groups excluding carboxylic acids is 4. The molecule has 182 valence electrons. The molecule has 0 saturated heterocycles. The van der Waals surface area contributed by atoms with Gasteiger partial charge >= 0.3 is 6.18 Å². The normalized spacial score (nSPS) is 11.8. The van der Waals surface area contributed by atoms with Gasteiger partial charge in [0.1, 0.15) is 11.8 Å². The Labute approximate surface area is 196 Å². The molecule has 0 aliphatic heterocycles. The second-order valence-corrected chi connectivity index (χ2v) is 7.33. The molecule has 5 N–H and O–H groups in total. The molecule has 0 aliphatic rings. The number of amides is 4. The number of carbonyl (C=O) groups is 4. The largest absolute Gasteiger partial charge is 0.484 e. The first kappa shape index (κ1) is 26.5. The van der Waals surface area contributed by atoms with Gasteiger partial charge in [-0.15, -0.1) is 0 Å². The molecular weight excluding hydrogens is 481 g/mol. The number of primary amides is 1. The molecule has 2 aromatic carbocycles. The van der Waals surface area contributed by atoms with Crippen LogP contribution >= 0.6 is 11.6 Å². The summed E-state index contributed by atoms with van der Waals surface area (Å²) in [4.78, 5) is 47.8. The Hall–Kier alpha value is -3.80. The molecule has 0 heterocycles. The third kappa shape index (κ3) is 8.62. The molecule has 0 saturated carbocycles. The van der Waals surface area contributed by atoms with E-state index >= 15 is 0 Å². The number of alkyl halides is 3. The fourth-order valence-corrected chi connectivity index (χ4v) is 2.69. The second-order valence-electron chi connectivity index (χ2n) is 6.89. The molecule has 34 heavy (non-hydrogen) atoms. The fraction of sp³-hybridized carbons (Fsp3) is 0.238. The maximum atomic E-state index is 12.7. The van der Waals surface area contributed by atoms with Gasteiger partial charge in [-0.25, -0.2) is 0 Å². The number of rotatable bonds is 9. The van der Waals surface area contributed by atoms with Gasteiger partial charge in [0.05, 0.1) is 5.56 Å². The number of benzene rings is 2. The molecule has 0 radical (unpaired) electrons. The van der Waals surface area contributed by atoms with Gasteiger partial charge in [-0.3, -0.25) is 30.0 Å². The lowest BCUT2D eigenvalue weighted by molar-refractivity contribution is -0.137. The van der Waals surface area contributed by atoms with Gasteiger partial charge in [0.25, 0.3) is 17.7 Å². The summed E-state index contributed by atoms with van der Waals surface area (Å²) in [6.45, 7) is -0.704. The van der Waals surface area contributed by atoms with Crippen LogP contribution in [0.15, 0.2) is 48.5 Å². The van der Waals surface area contributed by atoms with Crippen LogP contribution in [0.5, 0.6) is 5.75 Å². The van der Waals surface area contributed by atoms with E-state index in [9.17, 15) is 32.3 Å². The van der Waals surface area contributed by atoms with E-state index in [1.165, 1.54) is 30.3 Å². The van der Waals surface area contributed by atoms with Crippen LogP contribution in [-0.4, -0.2) is 36.3 Å². The fourth-order valence-electron chi connectivity index (χ4n) is 2.56. The summed E-state index contributed by atoms with van der Waals surface area (Å²) >= 11 is 5.77. The smallest absolute Gasteiger partial charge is 0.416 e. The van der Waals surface area contributed by atoms with Crippen molar-refractivity contribution in [2.45, 2.75) is 25.1 Å². The van der Waals surface area contributed by atoms with Crippen molar-refractivity contribution < 1.29 is 37.1 Å². The summed E-state index contributed by atoms with van der Waals surface area (Å²) < 4.78 is 43.2. The van der Waals surface area contributed by atoms with E-state index in [0.29, 0.717) is 5.02 Å². The van der Waals surface area contributed by atoms with Gasteiger partial charge in [0.2, 0.25) is 5.91 Å². The molecule has 1 atom stereocenters. The highest BCUT2D eigenvalue weighted by Crippen LogP contribution is 2.31. The number of nitrogens with two attached hydrogens (primary N) is 1. The monoisotopic (exact) mass is 500 g/mol. The number of nitrogens with one attached hydrogen (secondary N) is 3. The molecule has 4 amide bonds. The third-order valence-electron chi connectivity index (χ3n) is 4.26. The maximum Gasteiger partial charge on any atom is 0.416 e. The Balaban J connectivity index is 1.92. The van der Waals surface area contributed by atoms with Crippen LogP contribution in [-0.2, 0) is 20.6 Å². The van der Waals surface area contributed by atoms with E-state index in [1.807, 2.05) is 5.43 Å². The van der Waals surface area contributed by atoms with Gasteiger partial charge in [0.15, 0.2) is 6.61 Å². The Morgan fingerprint density at radius 3 is 2.32 bits per heavy atom. The summed E-state index contributed by atoms with van der Waals surface area (Å²) in [6.07, 6.45) is -4.96. The number of ether oxygens (including phenoxy) is 1. The van der Waals surface area contributed by atoms with E-state index in [-0.39, 0.29) is 24.2 Å². The van der Waals surface area contributed by atoms with Gasteiger partial charge in [-0.05, 0) is 48.9 Å². The second kappa shape index (κ2) is 11.9. The van der Waals surface area contributed by atoms with Crippen molar-refractivity contribution in [3.8, 4) is 5.75 Å². The van der Waals surface area contributed by atoms with Gasteiger partial charge in [0, 0.05) is 17.0 Å². The number of hydrazine groups is 1. The molecule has 0 spiro atoms. The highest BCUT2D eigenvalue weighted by Gasteiger charge is 2.30. The molecule has 0 fully saturated rings. The van der Waals surface area contributed by atoms with Crippen molar-refractivity contribution in [2.75, 3.05) is 6.61 Å². The number of hydrogen-bond donors (Lipinski definition) is 4. The minimum atomic E-state index is -4.58. The summed E-state index contributed by atoms with van der Waals surface area (Å²) in [7, 11) is 0. The predicted molar refractivity (Wildman–Crippen MR) is 114 cm³/mol. The van der Waals surface area contributed by atoms with Crippen LogP contribution in [0.4, 0.5) is 13.2 Å². The Morgan fingerprint density at radius 1 is 1.03 bits per heavy atom. The van der Waals surface area contributed by atoms with Crippen molar-refractivity contribution >= 4 is 35.2 Å². The first-order valence-corrected chi connectivity index (χ1v) is 10.1. The highest BCUT2D eigenvalue weighted by molar-refractivity contribution is 6.30. The van der Waals surface area contributed by atoms with Crippen molar-refractivity contribution in [1.82, 2.24) is 16.2 Å². The predicted octanol–water partition coefficient (Wildman–Crippen LogP) is 1.95. The summed E-state index contributed by atoms with van der Waals surface area (Å²) in [5.41, 5.74) is 8.42. The van der Waals surface area contributed by atoms with Gasteiger partial charge < -0.3 is 15.8 Å². The highest BCUT2D eigenvalue weighted by atomic mass is 35.5. The SMILES string of the molecule is NC(=O)CC[C@H](NC(=O)c1ccc(Cl)cc1)C(=O)NNC(=O)COc1cccc(C(F)(F)F)c1. The molecule has 2 aromatic rings. The molecule has 0 aromatic heterocycles. The Bertz CT molecular complexity index is 1050. The lowest BCUT2D eigenvalue weighted by Gasteiger charge is -2.18. The lowest BCUT2D eigenvalue weighted by Crippen LogP contribution is -2.53. The first-order valence-electron chi connectivity index (χ1n) is 9.69. The average molecular weight is 501 g/mol. The zero-order chi connectivity index (χ0) is 25.3. The van der Waals surface area contributed by atoms with Crippen molar-refractivity contribution in [3.05, 3.63) is 64.7 Å². The summed E-state index contributed by atoms with van der Waals surface area (Å²) in [5.74, 6) is -3.30. The molecular formula is C21H20ClF3N4O5. The van der Waals surface area contributed by atoms with Crippen LogP contribution in [0.1, 0.15) is 28.8 Å². The zero-order valence-corrected chi connectivity index (χ0v) is 18.2. The number of halogens is 4. The van der Waals surface area contributed by atoms with Crippen LogP contribution in [0.3, 0.4) is 0 Å². The molecule has 0 bridgehead atoms. The molecule has 0 unspecified atom stereocenters. The van der Waals surface area contributed by atoms with Gasteiger partial charge in [-0.1, -0.05) is 17.7 Å². The first-order chi connectivity index (χ1) is 16.0. The maximum absolute atomic E-state index is 12.7. The molecule has 0 aliphatic carbocycles. The molecule has 13 heteroatoms. The van der Waals surface area contributed by atoms with Crippen LogP contribution < -0.4 is 26.6 Å². The van der Waals surface area contributed by atoms with E-state index in [4.69, 9.17) is 22.1 Å². The topological polar surface area (TPSA) is 140 Å². The molecule has 2 rings (SSSR count). The average Bonchev–Trinajstić information content (AvgIpc) is 2.78. The minimum absolute atomic E-state index is 0.156. The summed E-state index contributed by atoms with van der Waals surface area (Å²) in [5, 5.41) is 2.82. The number of hydrogen-bond acceptors (Lipinski definition) is 5. The quantitative estimate of drug-likeness (QED) is 0.390. The lowest BCUT2D eigenvalue weighted by atomic mass is 10.1. The molecule has 9 nitrogen and oxygen atoms in total. The van der Waals surface area contributed by atoms with E-state index in [0.717, 1.165) is 18.2 Å². The zero-order valence-electron chi connectivity index (χ0n) is 17.4. The van der Waals surface area contributed by atoms with Gasteiger partial charge in [-0.2, -0.15) is 13.2 Å². The Morgan fingerprint density at radius 2 is 1.71 bits per heavy atom. The minimum Gasteiger partial charge on any atom is -0.484 e. The van der Waals surface area contributed by atoms with Crippen molar-refractivity contribution in [3.63, 3.8) is 0 Å². The van der Waals surface area contributed by atoms with Crippen molar-refractivity contribution in [1.29, 1.82) is 0 Å². The van der Waals surface area contributed by atoms with Crippen LogP contribution in [0.25, 0.3) is 0 Å². The standard InChI is InChI=1S/C21H20ClF3N4O5/c22-14-6-4-12(5-7-14)19(32)27-16(8-9-17(26)30)20(33)29-28-18(31)11-34-15-3-1-2-13(10-15)21(23,24)25/h1-7,10,16H,8-9,11H2,(H2,26,30)(H,27,32)(H,28,31)(H,29,33)/t16-/m0/s1. The Kier molecular flexibility index (Phi) is 9.25. The van der Waals surface area contributed by atoms with E-state index in [2.05, 4.69) is 10.7 Å². The van der Waals surface area contributed by atoms with E-state index < -0.39 is 48.0 Å².